The number of halogens is 1. The Morgan fingerprint density at radius 2 is 1.52 bits per heavy atom. The van der Waals surface area contributed by atoms with Gasteiger partial charge in [0.25, 0.3) is 5.69 Å². The van der Waals surface area contributed by atoms with Crippen LogP contribution in [0, 0.1) is 10.1 Å². The molecule has 0 aliphatic carbocycles. The zero-order valence-electron chi connectivity index (χ0n) is 14.0. The minimum absolute atomic E-state index is 0.0685. The fraction of sp³-hybridized carbons (Fsp3) is 0. The van der Waals surface area contributed by atoms with E-state index < -0.39 is 4.92 Å². The monoisotopic (exact) mass is 398 g/mol. The van der Waals surface area contributed by atoms with Crippen molar-refractivity contribution in [3.8, 4) is 0 Å². The summed E-state index contributed by atoms with van der Waals surface area (Å²) in [4.78, 5) is 10.4. The van der Waals surface area contributed by atoms with Gasteiger partial charge < -0.3 is 16.0 Å². The molecule has 6 nitrogen and oxygen atoms in total. The lowest BCUT2D eigenvalue weighted by atomic mass is 10.2. The third kappa shape index (κ3) is 5.16. The number of benzene rings is 3. The van der Waals surface area contributed by atoms with Crippen LogP contribution < -0.4 is 16.0 Å². The lowest BCUT2D eigenvalue weighted by Crippen LogP contribution is -2.19. The molecule has 3 aromatic carbocycles. The van der Waals surface area contributed by atoms with Gasteiger partial charge in [0.05, 0.1) is 15.6 Å². The number of non-ortho nitro benzene ring substituents is 1. The molecule has 136 valence electrons. The second kappa shape index (κ2) is 8.48. The van der Waals surface area contributed by atoms with Crippen molar-refractivity contribution < 1.29 is 4.92 Å². The number of anilines is 4. The summed E-state index contributed by atoms with van der Waals surface area (Å²) in [6, 6.07) is 21.5. The van der Waals surface area contributed by atoms with Gasteiger partial charge in [-0.3, -0.25) is 10.1 Å². The molecule has 0 fully saturated rings. The number of thiocarbonyl (C=S) groups is 1. The molecule has 0 unspecified atom stereocenters. The molecule has 0 amide bonds. The van der Waals surface area contributed by atoms with E-state index in [0.29, 0.717) is 10.7 Å². The SMILES string of the molecule is O=[N+]([O-])c1ccc(Cl)c(NC(=S)Nc2ccc(Nc3ccccc3)cc2)c1. The average Bonchev–Trinajstić information content (AvgIpc) is 2.66. The van der Waals surface area contributed by atoms with Gasteiger partial charge >= 0.3 is 0 Å². The van der Waals surface area contributed by atoms with Crippen molar-refractivity contribution in [3.05, 3.63) is 87.9 Å². The van der Waals surface area contributed by atoms with E-state index in [4.69, 9.17) is 23.8 Å². The summed E-state index contributed by atoms with van der Waals surface area (Å²) in [5.74, 6) is 0. The summed E-state index contributed by atoms with van der Waals surface area (Å²) >= 11 is 11.3. The molecule has 0 aliphatic heterocycles. The molecule has 27 heavy (non-hydrogen) atoms. The van der Waals surface area contributed by atoms with Crippen molar-refractivity contribution in [2.24, 2.45) is 0 Å². The quantitative estimate of drug-likeness (QED) is 0.286. The van der Waals surface area contributed by atoms with E-state index >= 15 is 0 Å². The second-order valence-corrected chi connectivity index (χ2v) is 6.38. The van der Waals surface area contributed by atoms with Crippen molar-refractivity contribution in [2.75, 3.05) is 16.0 Å². The molecule has 0 radical (unpaired) electrons. The number of nitrogens with one attached hydrogen (secondary N) is 3. The zero-order chi connectivity index (χ0) is 19.2. The smallest absolute Gasteiger partial charge is 0.271 e. The van der Waals surface area contributed by atoms with Gasteiger partial charge in [-0.2, -0.15) is 0 Å². The summed E-state index contributed by atoms with van der Waals surface area (Å²) in [7, 11) is 0. The van der Waals surface area contributed by atoms with Gasteiger partial charge in [-0.25, -0.2) is 0 Å². The fourth-order valence-electron chi connectivity index (χ4n) is 2.33. The van der Waals surface area contributed by atoms with Gasteiger partial charge in [0.15, 0.2) is 5.11 Å². The number of hydrogen-bond acceptors (Lipinski definition) is 4. The van der Waals surface area contributed by atoms with Crippen LogP contribution in [0.3, 0.4) is 0 Å². The van der Waals surface area contributed by atoms with Crippen molar-refractivity contribution >= 4 is 57.4 Å². The zero-order valence-corrected chi connectivity index (χ0v) is 15.6. The first-order chi connectivity index (χ1) is 13.0. The number of nitro groups is 1. The Kier molecular flexibility index (Phi) is 5.85. The third-order valence-electron chi connectivity index (χ3n) is 3.61. The van der Waals surface area contributed by atoms with Crippen LogP contribution in [0.25, 0.3) is 0 Å². The van der Waals surface area contributed by atoms with Crippen molar-refractivity contribution in [1.82, 2.24) is 0 Å². The number of hydrogen-bond donors (Lipinski definition) is 3. The van der Waals surface area contributed by atoms with Gasteiger partial charge in [-0.1, -0.05) is 29.8 Å². The highest BCUT2D eigenvalue weighted by Crippen LogP contribution is 2.27. The summed E-state index contributed by atoms with van der Waals surface area (Å²) in [5.41, 5.74) is 3.00. The van der Waals surface area contributed by atoms with Crippen LogP contribution in [0.15, 0.2) is 72.8 Å². The van der Waals surface area contributed by atoms with Gasteiger partial charge in [0.1, 0.15) is 0 Å². The maximum absolute atomic E-state index is 10.9. The molecule has 0 saturated carbocycles. The van der Waals surface area contributed by atoms with E-state index in [-0.39, 0.29) is 10.8 Å². The highest BCUT2D eigenvalue weighted by Gasteiger charge is 2.11. The highest BCUT2D eigenvalue weighted by molar-refractivity contribution is 7.80. The summed E-state index contributed by atoms with van der Waals surface area (Å²) in [6.45, 7) is 0. The van der Waals surface area contributed by atoms with E-state index in [9.17, 15) is 10.1 Å². The summed E-state index contributed by atoms with van der Waals surface area (Å²) < 4.78 is 0. The first-order valence-electron chi connectivity index (χ1n) is 7.95. The van der Waals surface area contributed by atoms with Crippen LogP contribution in [0.5, 0.6) is 0 Å². The van der Waals surface area contributed by atoms with Crippen LogP contribution in [-0.4, -0.2) is 10.0 Å². The Hall–Kier alpha value is -3.16. The lowest BCUT2D eigenvalue weighted by Gasteiger charge is -2.12. The molecule has 0 aromatic heterocycles. The molecule has 3 N–H and O–H groups in total. The number of para-hydroxylation sites is 1. The maximum atomic E-state index is 10.9. The number of nitrogens with zero attached hydrogens (tertiary/aromatic N) is 1. The Balaban J connectivity index is 1.63. The summed E-state index contributed by atoms with van der Waals surface area (Å²) in [6.07, 6.45) is 0. The topological polar surface area (TPSA) is 79.2 Å². The van der Waals surface area contributed by atoms with Crippen molar-refractivity contribution in [3.63, 3.8) is 0 Å². The van der Waals surface area contributed by atoms with Crippen molar-refractivity contribution in [2.45, 2.75) is 0 Å². The molecule has 0 saturated heterocycles. The van der Waals surface area contributed by atoms with Gasteiger partial charge in [0.2, 0.25) is 0 Å². The predicted octanol–water partition coefficient (Wildman–Crippen LogP) is 5.80. The summed E-state index contributed by atoms with van der Waals surface area (Å²) in [5, 5.41) is 20.7. The van der Waals surface area contributed by atoms with Crippen LogP contribution in [0.2, 0.25) is 5.02 Å². The van der Waals surface area contributed by atoms with E-state index in [1.54, 1.807) is 0 Å². The van der Waals surface area contributed by atoms with E-state index in [1.165, 1.54) is 18.2 Å². The van der Waals surface area contributed by atoms with Crippen LogP contribution in [-0.2, 0) is 0 Å². The van der Waals surface area contributed by atoms with Crippen LogP contribution >= 0.6 is 23.8 Å². The van der Waals surface area contributed by atoms with Crippen molar-refractivity contribution in [1.29, 1.82) is 0 Å². The van der Waals surface area contributed by atoms with Gasteiger partial charge in [-0.05, 0) is 54.7 Å². The molecular weight excluding hydrogens is 384 g/mol. The molecule has 3 aromatic rings. The predicted molar refractivity (Wildman–Crippen MR) is 114 cm³/mol. The first kappa shape index (κ1) is 18.6. The van der Waals surface area contributed by atoms with E-state index in [0.717, 1.165) is 17.1 Å². The largest absolute Gasteiger partial charge is 0.356 e. The van der Waals surface area contributed by atoms with E-state index in [2.05, 4.69) is 16.0 Å². The minimum atomic E-state index is -0.490. The third-order valence-corrected chi connectivity index (χ3v) is 4.15. The standard InChI is InChI=1S/C19H15ClN4O2S/c20-17-11-10-16(24(25)26)12-18(17)23-19(27)22-15-8-6-14(7-9-15)21-13-4-2-1-3-5-13/h1-12,21H,(H2,22,23,27). The number of rotatable bonds is 5. The lowest BCUT2D eigenvalue weighted by molar-refractivity contribution is -0.384. The van der Waals surface area contributed by atoms with Gasteiger partial charge in [-0.15, -0.1) is 0 Å². The normalized spacial score (nSPS) is 10.1. The van der Waals surface area contributed by atoms with Crippen LogP contribution in [0.1, 0.15) is 0 Å². The van der Waals surface area contributed by atoms with Crippen LogP contribution in [0.4, 0.5) is 28.4 Å². The Bertz CT molecular complexity index is 965. The number of nitro benzene ring substituents is 1. The molecular formula is C19H15ClN4O2S. The molecule has 0 heterocycles. The second-order valence-electron chi connectivity index (χ2n) is 5.57. The Morgan fingerprint density at radius 1 is 0.889 bits per heavy atom. The van der Waals surface area contributed by atoms with E-state index in [1.807, 2.05) is 54.6 Å². The first-order valence-corrected chi connectivity index (χ1v) is 8.74. The molecule has 0 spiro atoms. The highest BCUT2D eigenvalue weighted by atomic mass is 35.5. The average molecular weight is 399 g/mol. The Labute approximate surface area is 166 Å². The Morgan fingerprint density at radius 3 is 2.19 bits per heavy atom. The molecule has 0 atom stereocenters. The molecule has 0 bridgehead atoms. The molecule has 0 aliphatic rings. The fourth-order valence-corrected chi connectivity index (χ4v) is 2.72. The molecule has 3 rings (SSSR count). The minimum Gasteiger partial charge on any atom is -0.356 e. The maximum Gasteiger partial charge on any atom is 0.271 e. The van der Waals surface area contributed by atoms with Gasteiger partial charge in [0, 0.05) is 29.2 Å². The molecule has 8 heteroatoms.